The first kappa shape index (κ1) is 8.25. The number of nitrogens with zero attached hydrogens (tertiary/aromatic N) is 2. The number of carbonyl (C=O) groups excluding carboxylic acids is 1. The molecule has 5 nitrogen and oxygen atoms in total. The van der Waals surface area contributed by atoms with E-state index in [1.807, 2.05) is 0 Å². The normalized spacial score (nSPS) is 14.7. The van der Waals surface area contributed by atoms with Crippen molar-refractivity contribution in [1.29, 1.82) is 0 Å². The predicted octanol–water partition coefficient (Wildman–Crippen LogP) is -0.399. The van der Waals surface area contributed by atoms with Crippen LogP contribution in [0.3, 0.4) is 0 Å². The number of H-pyrrole nitrogens is 1. The smallest absolute Gasteiger partial charge is 0.224 e. The minimum absolute atomic E-state index is 0.118. The first-order valence-corrected chi connectivity index (χ1v) is 4.30. The molecule has 13 heavy (non-hydrogen) atoms. The van der Waals surface area contributed by atoms with Crippen LogP contribution < -0.4 is 5.73 Å². The van der Waals surface area contributed by atoms with Crippen molar-refractivity contribution in [3.05, 3.63) is 17.5 Å². The van der Waals surface area contributed by atoms with Gasteiger partial charge in [-0.15, -0.1) is 0 Å². The Bertz CT molecular complexity index is 299. The number of fused-ring (bicyclic) bond motifs is 1. The van der Waals surface area contributed by atoms with Crippen LogP contribution in [0, 0.1) is 0 Å². The maximum atomic E-state index is 11.4. The molecule has 1 aliphatic rings. The Hall–Kier alpha value is -1.36. The molecule has 0 aromatic carbocycles. The first-order chi connectivity index (χ1) is 6.31. The quantitative estimate of drug-likeness (QED) is 0.650. The number of amides is 1. The highest BCUT2D eigenvalue weighted by molar-refractivity contribution is 5.76. The SMILES string of the molecule is NCCC(=O)N1Cc2cn[nH]c2C1. The molecule has 0 atom stereocenters. The largest absolute Gasteiger partial charge is 0.332 e. The summed E-state index contributed by atoms with van der Waals surface area (Å²) in [5, 5.41) is 6.77. The second-order valence-electron chi connectivity index (χ2n) is 3.16. The molecular formula is C8H12N4O. The van der Waals surface area contributed by atoms with Crippen LogP contribution in [0.2, 0.25) is 0 Å². The molecule has 1 aromatic heterocycles. The van der Waals surface area contributed by atoms with Gasteiger partial charge in [0, 0.05) is 25.1 Å². The van der Waals surface area contributed by atoms with E-state index in [0.29, 0.717) is 26.1 Å². The topological polar surface area (TPSA) is 75.0 Å². The van der Waals surface area contributed by atoms with Gasteiger partial charge in [0.1, 0.15) is 0 Å². The molecule has 5 heteroatoms. The molecule has 0 aliphatic carbocycles. The Morgan fingerprint density at radius 1 is 1.69 bits per heavy atom. The lowest BCUT2D eigenvalue weighted by molar-refractivity contribution is -0.131. The summed E-state index contributed by atoms with van der Waals surface area (Å²) in [7, 11) is 0. The van der Waals surface area contributed by atoms with Gasteiger partial charge in [-0.05, 0) is 0 Å². The Morgan fingerprint density at radius 3 is 3.23 bits per heavy atom. The molecule has 0 bridgehead atoms. The van der Waals surface area contributed by atoms with Crippen molar-refractivity contribution in [2.24, 2.45) is 5.73 Å². The van der Waals surface area contributed by atoms with Gasteiger partial charge in [-0.1, -0.05) is 0 Å². The zero-order valence-corrected chi connectivity index (χ0v) is 7.29. The van der Waals surface area contributed by atoms with Crippen molar-refractivity contribution in [2.45, 2.75) is 19.5 Å². The molecule has 0 radical (unpaired) electrons. The Kier molecular flexibility index (Phi) is 2.02. The average molecular weight is 180 g/mol. The lowest BCUT2D eigenvalue weighted by Crippen LogP contribution is -2.27. The summed E-state index contributed by atoms with van der Waals surface area (Å²) in [6.45, 7) is 1.74. The zero-order chi connectivity index (χ0) is 9.26. The Morgan fingerprint density at radius 2 is 2.54 bits per heavy atom. The molecule has 0 unspecified atom stereocenters. The molecule has 2 rings (SSSR count). The molecule has 0 saturated carbocycles. The lowest BCUT2D eigenvalue weighted by atomic mass is 10.3. The van der Waals surface area contributed by atoms with Gasteiger partial charge in [-0.25, -0.2) is 0 Å². The third-order valence-corrected chi connectivity index (χ3v) is 2.23. The second kappa shape index (κ2) is 3.18. The number of nitrogens with one attached hydrogen (secondary N) is 1. The van der Waals surface area contributed by atoms with Crippen LogP contribution in [-0.2, 0) is 17.9 Å². The molecule has 0 spiro atoms. The maximum absolute atomic E-state index is 11.4. The van der Waals surface area contributed by atoms with Gasteiger partial charge in [-0.3, -0.25) is 9.89 Å². The summed E-state index contributed by atoms with van der Waals surface area (Å²) in [5.41, 5.74) is 7.47. The lowest BCUT2D eigenvalue weighted by Gasteiger charge is -2.14. The van der Waals surface area contributed by atoms with Crippen LogP contribution in [-0.4, -0.2) is 27.5 Å². The van der Waals surface area contributed by atoms with E-state index in [-0.39, 0.29) is 5.91 Å². The monoisotopic (exact) mass is 180 g/mol. The summed E-state index contributed by atoms with van der Waals surface area (Å²) < 4.78 is 0. The number of aromatic amines is 1. The average Bonchev–Trinajstić information content (AvgIpc) is 2.61. The van der Waals surface area contributed by atoms with Gasteiger partial charge in [0.15, 0.2) is 0 Å². The van der Waals surface area contributed by atoms with Crippen LogP contribution in [0.1, 0.15) is 17.7 Å². The summed E-state index contributed by atoms with van der Waals surface area (Å²) in [6.07, 6.45) is 2.20. The van der Waals surface area contributed by atoms with E-state index in [1.165, 1.54) is 0 Å². The zero-order valence-electron chi connectivity index (χ0n) is 7.29. The number of aromatic nitrogens is 2. The fourth-order valence-electron chi connectivity index (χ4n) is 1.52. The van der Waals surface area contributed by atoms with Crippen LogP contribution >= 0.6 is 0 Å². The van der Waals surface area contributed by atoms with Gasteiger partial charge in [0.05, 0.1) is 18.4 Å². The number of hydrogen-bond donors (Lipinski definition) is 2. The van der Waals surface area contributed by atoms with E-state index in [9.17, 15) is 4.79 Å². The van der Waals surface area contributed by atoms with Gasteiger partial charge in [-0.2, -0.15) is 5.10 Å². The van der Waals surface area contributed by atoms with Crippen molar-refractivity contribution >= 4 is 5.91 Å². The first-order valence-electron chi connectivity index (χ1n) is 4.30. The molecule has 2 heterocycles. The van der Waals surface area contributed by atoms with Crippen molar-refractivity contribution < 1.29 is 4.79 Å². The fourth-order valence-corrected chi connectivity index (χ4v) is 1.52. The summed E-state index contributed by atoms with van der Waals surface area (Å²) in [4.78, 5) is 13.2. The van der Waals surface area contributed by atoms with Gasteiger partial charge < -0.3 is 10.6 Å². The highest BCUT2D eigenvalue weighted by Crippen LogP contribution is 2.20. The molecule has 1 aliphatic heterocycles. The van der Waals surface area contributed by atoms with E-state index >= 15 is 0 Å². The van der Waals surface area contributed by atoms with Crippen LogP contribution in [0.4, 0.5) is 0 Å². The molecule has 1 aromatic rings. The number of rotatable bonds is 2. The standard InChI is InChI=1S/C8H12N4O/c9-2-1-8(13)12-4-6-3-10-11-7(6)5-12/h3H,1-2,4-5,9H2,(H,10,11). The molecule has 1 amide bonds. The van der Waals surface area contributed by atoms with E-state index in [1.54, 1.807) is 11.1 Å². The number of carbonyl (C=O) groups is 1. The van der Waals surface area contributed by atoms with Gasteiger partial charge in [0.2, 0.25) is 5.91 Å². The van der Waals surface area contributed by atoms with E-state index < -0.39 is 0 Å². The van der Waals surface area contributed by atoms with Gasteiger partial charge >= 0.3 is 0 Å². The van der Waals surface area contributed by atoms with Crippen LogP contribution in [0.5, 0.6) is 0 Å². The van der Waals surface area contributed by atoms with E-state index in [2.05, 4.69) is 10.2 Å². The third-order valence-electron chi connectivity index (χ3n) is 2.23. The second-order valence-corrected chi connectivity index (χ2v) is 3.16. The summed E-state index contributed by atoms with van der Waals surface area (Å²) in [5.74, 6) is 0.118. The van der Waals surface area contributed by atoms with Crippen molar-refractivity contribution in [3.63, 3.8) is 0 Å². The maximum Gasteiger partial charge on any atom is 0.224 e. The molecular weight excluding hydrogens is 168 g/mol. The number of nitrogens with two attached hydrogens (primary N) is 1. The minimum Gasteiger partial charge on any atom is -0.332 e. The van der Waals surface area contributed by atoms with Crippen molar-refractivity contribution in [1.82, 2.24) is 15.1 Å². The Balaban J connectivity index is 2.01. The summed E-state index contributed by atoms with van der Waals surface area (Å²) in [6, 6.07) is 0. The van der Waals surface area contributed by atoms with Gasteiger partial charge in [0.25, 0.3) is 0 Å². The highest BCUT2D eigenvalue weighted by atomic mass is 16.2. The minimum atomic E-state index is 0.118. The highest BCUT2D eigenvalue weighted by Gasteiger charge is 2.23. The van der Waals surface area contributed by atoms with Crippen molar-refractivity contribution in [3.8, 4) is 0 Å². The molecule has 0 saturated heterocycles. The van der Waals surface area contributed by atoms with E-state index in [4.69, 9.17) is 5.73 Å². The van der Waals surface area contributed by atoms with Crippen molar-refractivity contribution in [2.75, 3.05) is 6.54 Å². The van der Waals surface area contributed by atoms with Crippen LogP contribution in [0.25, 0.3) is 0 Å². The summed E-state index contributed by atoms with van der Waals surface area (Å²) >= 11 is 0. The predicted molar refractivity (Wildman–Crippen MR) is 46.5 cm³/mol. The van der Waals surface area contributed by atoms with E-state index in [0.717, 1.165) is 11.3 Å². The molecule has 0 fully saturated rings. The third kappa shape index (κ3) is 1.42. The molecule has 70 valence electrons. The molecule has 3 N–H and O–H groups in total. The fraction of sp³-hybridized carbons (Fsp3) is 0.500. The van der Waals surface area contributed by atoms with Crippen LogP contribution in [0.15, 0.2) is 6.20 Å². The number of hydrogen-bond acceptors (Lipinski definition) is 3. The Labute approximate surface area is 75.9 Å².